The number of primary sulfonamides is 1. The van der Waals surface area contributed by atoms with Crippen LogP contribution in [0.5, 0.6) is 0 Å². The third-order valence-corrected chi connectivity index (χ3v) is 2.84. The molecule has 0 aliphatic rings. The summed E-state index contributed by atoms with van der Waals surface area (Å²) in [6.07, 6.45) is 0.876. The minimum Gasteiger partial charge on any atom is -0.319 e. The number of benzene rings is 1. The van der Waals surface area contributed by atoms with Crippen LogP contribution in [0.3, 0.4) is 0 Å². The van der Waals surface area contributed by atoms with Gasteiger partial charge in [-0.15, -0.1) is 0 Å². The van der Waals surface area contributed by atoms with Crippen LogP contribution in [0.2, 0.25) is 0 Å². The van der Waals surface area contributed by atoms with Crippen LogP contribution in [0, 0.1) is 0 Å². The zero-order chi connectivity index (χ0) is 12.6. The lowest BCUT2D eigenvalue weighted by Crippen LogP contribution is -2.13. The summed E-state index contributed by atoms with van der Waals surface area (Å²) in [6, 6.07) is 6.61. The van der Waals surface area contributed by atoms with Gasteiger partial charge in [0.05, 0.1) is 4.90 Å². The maximum absolute atomic E-state index is 10.9. The summed E-state index contributed by atoms with van der Waals surface area (Å²) < 4.78 is 21.8. The number of hydrogen-bond acceptors (Lipinski definition) is 3. The second-order valence-electron chi connectivity index (χ2n) is 3.04. The van der Waals surface area contributed by atoms with E-state index < -0.39 is 10.0 Å². The number of nitrogens with two attached hydrogens (primary N) is 1. The van der Waals surface area contributed by atoms with Crippen molar-refractivity contribution in [2.75, 3.05) is 13.6 Å². The van der Waals surface area contributed by atoms with Crippen molar-refractivity contribution in [3.63, 3.8) is 0 Å². The van der Waals surface area contributed by atoms with Gasteiger partial charge in [0.25, 0.3) is 0 Å². The Balaban J connectivity index is 0.00000106. The first-order valence-corrected chi connectivity index (χ1v) is 6.85. The molecule has 1 aromatic rings. The first kappa shape index (κ1) is 15.1. The molecule has 0 saturated heterocycles. The Hall–Kier alpha value is -0.910. The summed E-state index contributed by atoms with van der Waals surface area (Å²) in [5.41, 5.74) is 1.09. The van der Waals surface area contributed by atoms with Gasteiger partial charge in [-0.25, -0.2) is 13.6 Å². The van der Waals surface area contributed by atoms with Crippen LogP contribution < -0.4 is 10.5 Å². The topological polar surface area (TPSA) is 72.2 Å². The van der Waals surface area contributed by atoms with Gasteiger partial charge in [-0.3, -0.25) is 0 Å². The van der Waals surface area contributed by atoms with Crippen molar-refractivity contribution in [1.29, 1.82) is 0 Å². The molecular formula is C11H20N2O2S. The van der Waals surface area contributed by atoms with Gasteiger partial charge >= 0.3 is 0 Å². The van der Waals surface area contributed by atoms with Crippen LogP contribution >= 0.6 is 0 Å². The molecule has 3 N–H and O–H groups in total. The van der Waals surface area contributed by atoms with Crippen LogP contribution in [0.15, 0.2) is 29.2 Å². The van der Waals surface area contributed by atoms with E-state index in [1.165, 1.54) is 12.1 Å². The van der Waals surface area contributed by atoms with E-state index in [-0.39, 0.29) is 4.90 Å². The normalized spacial score (nSPS) is 10.5. The van der Waals surface area contributed by atoms with Gasteiger partial charge in [-0.1, -0.05) is 26.0 Å². The Morgan fingerprint density at radius 1 is 1.19 bits per heavy atom. The van der Waals surface area contributed by atoms with Crippen LogP contribution in [-0.4, -0.2) is 22.0 Å². The third-order valence-electron chi connectivity index (χ3n) is 1.92. The quantitative estimate of drug-likeness (QED) is 0.833. The Morgan fingerprint density at radius 3 is 2.06 bits per heavy atom. The Kier molecular flexibility index (Phi) is 6.96. The molecule has 1 aromatic carbocycles. The lowest BCUT2D eigenvalue weighted by molar-refractivity contribution is 0.598. The Morgan fingerprint density at radius 2 is 1.69 bits per heavy atom. The van der Waals surface area contributed by atoms with E-state index >= 15 is 0 Å². The maximum atomic E-state index is 10.9. The highest BCUT2D eigenvalue weighted by atomic mass is 32.2. The minimum absolute atomic E-state index is 0.158. The van der Waals surface area contributed by atoms with E-state index in [1.807, 2.05) is 20.9 Å². The number of rotatable bonds is 4. The van der Waals surface area contributed by atoms with E-state index in [4.69, 9.17) is 5.14 Å². The lowest BCUT2D eigenvalue weighted by Gasteiger charge is -2.02. The van der Waals surface area contributed by atoms with Gasteiger partial charge < -0.3 is 5.32 Å². The van der Waals surface area contributed by atoms with Crippen molar-refractivity contribution in [1.82, 2.24) is 5.32 Å². The third kappa shape index (κ3) is 5.25. The molecule has 0 saturated carbocycles. The van der Waals surface area contributed by atoms with Gasteiger partial charge in [0.2, 0.25) is 10.0 Å². The molecule has 0 amide bonds. The van der Waals surface area contributed by atoms with Crippen molar-refractivity contribution in [2.45, 2.75) is 25.2 Å². The van der Waals surface area contributed by atoms with E-state index in [0.29, 0.717) is 0 Å². The molecule has 5 heteroatoms. The average Bonchev–Trinajstić information content (AvgIpc) is 2.28. The number of likely N-dealkylation sites (N-methyl/N-ethyl adjacent to an activating group) is 1. The molecule has 0 bridgehead atoms. The number of nitrogens with one attached hydrogen (secondary N) is 1. The smallest absolute Gasteiger partial charge is 0.238 e. The van der Waals surface area contributed by atoms with Crippen LogP contribution in [0.25, 0.3) is 0 Å². The van der Waals surface area contributed by atoms with Crippen molar-refractivity contribution >= 4 is 10.0 Å². The summed E-state index contributed by atoms with van der Waals surface area (Å²) in [4.78, 5) is 0.158. The van der Waals surface area contributed by atoms with Gasteiger partial charge in [-0.05, 0) is 37.7 Å². The molecule has 16 heavy (non-hydrogen) atoms. The first-order chi connectivity index (χ1) is 7.54. The van der Waals surface area contributed by atoms with Crippen LogP contribution in [-0.2, 0) is 16.4 Å². The molecule has 92 valence electrons. The van der Waals surface area contributed by atoms with Gasteiger partial charge in [0.1, 0.15) is 0 Å². The molecule has 1 rings (SSSR count). The minimum atomic E-state index is -3.56. The summed E-state index contributed by atoms with van der Waals surface area (Å²) in [7, 11) is -1.68. The Bertz CT molecular complexity index is 385. The molecular weight excluding hydrogens is 224 g/mol. The fraction of sp³-hybridized carbons (Fsp3) is 0.455. The number of sulfonamides is 1. The predicted molar refractivity (Wildman–Crippen MR) is 66.8 cm³/mol. The van der Waals surface area contributed by atoms with Crippen molar-refractivity contribution < 1.29 is 8.42 Å². The zero-order valence-corrected chi connectivity index (χ0v) is 10.8. The molecule has 0 aliphatic heterocycles. The summed E-state index contributed by atoms with van der Waals surface area (Å²) >= 11 is 0. The van der Waals surface area contributed by atoms with E-state index in [2.05, 4.69) is 5.32 Å². The van der Waals surface area contributed by atoms with Crippen LogP contribution in [0.1, 0.15) is 19.4 Å². The van der Waals surface area contributed by atoms with Crippen molar-refractivity contribution in [3.8, 4) is 0 Å². The Labute approximate surface area is 97.9 Å². The second-order valence-corrected chi connectivity index (χ2v) is 4.60. The summed E-state index contributed by atoms with van der Waals surface area (Å²) in [5, 5.41) is 7.98. The largest absolute Gasteiger partial charge is 0.319 e. The van der Waals surface area contributed by atoms with E-state index in [0.717, 1.165) is 18.5 Å². The fourth-order valence-electron chi connectivity index (χ4n) is 1.12. The average molecular weight is 244 g/mol. The molecule has 0 unspecified atom stereocenters. The SMILES string of the molecule is CC.CNCCc1ccc(S(N)(=O)=O)cc1. The lowest BCUT2D eigenvalue weighted by atomic mass is 10.1. The van der Waals surface area contributed by atoms with Crippen molar-refractivity contribution in [2.24, 2.45) is 5.14 Å². The van der Waals surface area contributed by atoms with Crippen LogP contribution in [0.4, 0.5) is 0 Å². The standard InChI is InChI=1S/C9H14N2O2S.C2H6/c1-11-7-6-8-2-4-9(5-3-8)14(10,12)13;1-2/h2-5,11H,6-7H2,1H3,(H2,10,12,13);1-2H3. The van der Waals surface area contributed by atoms with E-state index in [1.54, 1.807) is 12.1 Å². The maximum Gasteiger partial charge on any atom is 0.238 e. The van der Waals surface area contributed by atoms with Gasteiger partial charge in [0, 0.05) is 0 Å². The molecule has 0 fully saturated rings. The highest BCUT2D eigenvalue weighted by Gasteiger charge is 2.05. The number of hydrogen-bond donors (Lipinski definition) is 2. The molecule has 0 radical (unpaired) electrons. The van der Waals surface area contributed by atoms with Gasteiger partial charge in [-0.2, -0.15) is 0 Å². The first-order valence-electron chi connectivity index (χ1n) is 5.30. The highest BCUT2D eigenvalue weighted by molar-refractivity contribution is 7.89. The molecule has 0 spiro atoms. The fourth-order valence-corrected chi connectivity index (χ4v) is 1.63. The molecule has 0 aliphatic carbocycles. The molecule has 0 aromatic heterocycles. The molecule has 0 atom stereocenters. The second kappa shape index (κ2) is 7.38. The van der Waals surface area contributed by atoms with Crippen molar-refractivity contribution in [3.05, 3.63) is 29.8 Å². The summed E-state index contributed by atoms with van der Waals surface area (Å²) in [6.45, 7) is 4.87. The molecule has 0 heterocycles. The highest BCUT2D eigenvalue weighted by Crippen LogP contribution is 2.08. The van der Waals surface area contributed by atoms with Gasteiger partial charge in [0.15, 0.2) is 0 Å². The summed E-state index contributed by atoms with van der Waals surface area (Å²) in [5.74, 6) is 0. The monoisotopic (exact) mass is 244 g/mol. The zero-order valence-electron chi connectivity index (χ0n) is 10.0. The van der Waals surface area contributed by atoms with E-state index in [9.17, 15) is 8.42 Å². The predicted octanol–water partition coefficient (Wildman–Crippen LogP) is 1.12. The molecule has 4 nitrogen and oxygen atoms in total.